The number of benzene rings is 3. The lowest BCUT2D eigenvalue weighted by Gasteiger charge is -2.37. The maximum atomic E-state index is 13.5. The van der Waals surface area contributed by atoms with E-state index in [1.165, 1.54) is 23.3 Å². The van der Waals surface area contributed by atoms with Crippen molar-refractivity contribution in [2.45, 2.75) is 6.04 Å². The van der Waals surface area contributed by atoms with Crippen molar-refractivity contribution in [2.75, 3.05) is 31.1 Å². The number of hydrogen-bond donors (Lipinski definition) is 1. The molecule has 6 rings (SSSR count). The van der Waals surface area contributed by atoms with Gasteiger partial charge in [-0.1, -0.05) is 72.8 Å². The van der Waals surface area contributed by atoms with Crippen LogP contribution in [0.2, 0.25) is 0 Å². The minimum atomic E-state index is -0.227. The van der Waals surface area contributed by atoms with Crippen molar-refractivity contribution in [3.63, 3.8) is 0 Å². The molecule has 0 spiro atoms. The van der Waals surface area contributed by atoms with Gasteiger partial charge in [0, 0.05) is 22.1 Å². The second kappa shape index (κ2) is 9.56. The molecule has 0 radical (unpaired) electrons. The lowest BCUT2D eigenvalue weighted by atomic mass is 9.96. The number of rotatable bonds is 5. The van der Waals surface area contributed by atoms with Crippen LogP contribution in [0.3, 0.4) is 0 Å². The summed E-state index contributed by atoms with van der Waals surface area (Å²) in [5.74, 6) is 0.751. The van der Waals surface area contributed by atoms with Gasteiger partial charge in [0.15, 0.2) is 0 Å². The van der Waals surface area contributed by atoms with Crippen LogP contribution in [0.5, 0.6) is 0 Å². The van der Waals surface area contributed by atoms with E-state index >= 15 is 0 Å². The van der Waals surface area contributed by atoms with Crippen LogP contribution in [0.1, 0.15) is 17.2 Å². The van der Waals surface area contributed by atoms with E-state index in [1.807, 2.05) is 12.1 Å². The fourth-order valence-corrected chi connectivity index (χ4v) is 6.10. The Morgan fingerprint density at radius 2 is 1.43 bits per heavy atom. The lowest BCUT2D eigenvalue weighted by Crippen LogP contribution is -3.15. The van der Waals surface area contributed by atoms with Crippen LogP contribution in [-0.2, 0) is 0 Å². The Kier molecular flexibility index (Phi) is 5.98. The van der Waals surface area contributed by atoms with Gasteiger partial charge < -0.3 is 9.80 Å². The largest absolute Gasteiger partial charge is 0.345 e. The van der Waals surface area contributed by atoms with E-state index in [9.17, 15) is 4.39 Å². The van der Waals surface area contributed by atoms with Crippen molar-refractivity contribution in [3.8, 4) is 11.1 Å². The van der Waals surface area contributed by atoms with Gasteiger partial charge in [0.05, 0.1) is 31.6 Å². The third kappa shape index (κ3) is 4.31. The summed E-state index contributed by atoms with van der Waals surface area (Å²) < 4.78 is 13.5. The highest BCUT2D eigenvalue weighted by molar-refractivity contribution is 7.17. The second-order valence-electron chi connectivity index (χ2n) is 8.93. The van der Waals surface area contributed by atoms with E-state index in [1.54, 1.807) is 22.6 Å². The smallest absolute Gasteiger partial charge is 0.141 e. The molecule has 1 saturated heterocycles. The van der Waals surface area contributed by atoms with Gasteiger partial charge in [-0.25, -0.2) is 14.4 Å². The minimum absolute atomic E-state index is 0.227. The molecule has 0 saturated carbocycles. The zero-order chi connectivity index (χ0) is 23.6. The Balaban J connectivity index is 1.30. The van der Waals surface area contributed by atoms with Crippen LogP contribution < -0.4 is 9.80 Å². The summed E-state index contributed by atoms with van der Waals surface area (Å²) in [6.07, 6.45) is 1.67. The number of halogens is 1. The number of fused-ring (bicyclic) bond motifs is 1. The van der Waals surface area contributed by atoms with Crippen molar-refractivity contribution in [1.29, 1.82) is 0 Å². The number of hydrogen-bond acceptors (Lipinski definition) is 4. The third-order valence-electron chi connectivity index (χ3n) is 6.88. The number of anilines is 1. The molecule has 0 bridgehead atoms. The van der Waals surface area contributed by atoms with Crippen LogP contribution in [-0.4, -0.2) is 36.1 Å². The number of piperazine rings is 1. The quantitative estimate of drug-likeness (QED) is 0.384. The van der Waals surface area contributed by atoms with Crippen molar-refractivity contribution in [1.82, 2.24) is 9.97 Å². The molecule has 1 N–H and O–H groups in total. The molecule has 4 nitrogen and oxygen atoms in total. The van der Waals surface area contributed by atoms with Gasteiger partial charge in [-0.2, -0.15) is 0 Å². The fourth-order valence-electron chi connectivity index (χ4n) is 5.19. The van der Waals surface area contributed by atoms with E-state index in [2.05, 4.69) is 75.9 Å². The van der Waals surface area contributed by atoms with Crippen LogP contribution in [0.15, 0.2) is 96.6 Å². The summed E-state index contributed by atoms with van der Waals surface area (Å²) in [5, 5.41) is 3.17. The molecule has 3 aromatic carbocycles. The Bertz CT molecular complexity index is 1370. The van der Waals surface area contributed by atoms with Gasteiger partial charge in [-0.05, 0) is 17.7 Å². The molecule has 174 valence electrons. The number of nitrogens with one attached hydrogen (secondary N) is 1. The van der Waals surface area contributed by atoms with E-state index < -0.39 is 0 Å². The predicted octanol–water partition coefficient (Wildman–Crippen LogP) is 4.99. The van der Waals surface area contributed by atoms with E-state index in [4.69, 9.17) is 4.98 Å². The first-order valence-electron chi connectivity index (χ1n) is 12.0. The summed E-state index contributed by atoms with van der Waals surface area (Å²) in [7, 11) is 0. The Morgan fingerprint density at radius 3 is 2.06 bits per heavy atom. The number of quaternary nitrogens is 1. The highest BCUT2D eigenvalue weighted by Crippen LogP contribution is 2.38. The maximum Gasteiger partial charge on any atom is 0.141 e. The molecule has 5 aromatic rings. The topological polar surface area (TPSA) is 33.5 Å². The summed E-state index contributed by atoms with van der Waals surface area (Å²) in [4.78, 5) is 14.2. The Morgan fingerprint density at radius 1 is 0.800 bits per heavy atom. The molecule has 0 atom stereocenters. The van der Waals surface area contributed by atoms with Gasteiger partial charge in [0.25, 0.3) is 0 Å². The normalized spacial score (nSPS) is 14.6. The standard InChI is InChI=1S/C29H25FN4S/c30-24-13-11-21(12-14-24)25-19-35-29-26(25)28(31-20-32-29)34-17-15-33(16-18-34)27(22-7-3-1-4-8-22)23-9-5-2-6-10-23/h1-14,19-20,27H,15-18H2/p+1. The number of aromatic nitrogens is 2. The van der Waals surface area contributed by atoms with E-state index in [-0.39, 0.29) is 5.82 Å². The van der Waals surface area contributed by atoms with Crippen molar-refractivity contribution in [3.05, 3.63) is 114 Å². The zero-order valence-electron chi connectivity index (χ0n) is 19.3. The molecule has 6 heteroatoms. The van der Waals surface area contributed by atoms with Crippen LogP contribution in [0.25, 0.3) is 21.3 Å². The summed E-state index contributed by atoms with van der Waals surface area (Å²) in [5.41, 5.74) is 4.76. The molecule has 1 fully saturated rings. The molecular formula is C29H26FN4S+. The molecule has 1 aliphatic rings. The molecule has 0 aliphatic carbocycles. The first-order chi connectivity index (χ1) is 17.3. The summed E-state index contributed by atoms with van der Waals surface area (Å²) in [6, 6.07) is 28.7. The first-order valence-corrected chi connectivity index (χ1v) is 12.8. The zero-order valence-corrected chi connectivity index (χ0v) is 20.1. The molecule has 3 heterocycles. The molecular weight excluding hydrogens is 455 g/mol. The molecule has 1 aliphatic heterocycles. The van der Waals surface area contributed by atoms with Crippen LogP contribution in [0, 0.1) is 5.82 Å². The SMILES string of the molecule is Fc1ccc(-c2csc3ncnc(N4CC[NH+](C(c5ccccc5)c5ccccc5)CC4)c23)cc1. The first kappa shape index (κ1) is 21.9. The van der Waals surface area contributed by atoms with Gasteiger partial charge in [0.2, 0.25) is 0 Å². The highest BCUT2D eigenvalue weighted by Gasteiger charge is 2.31. The summed E-state index contributed by atoms with van der Waals surface area (Å²) >= 11 is 1.61. The molecule has 2 aromatic heterocycles. The van der Waals surface area contributed by atoms with Crippen molar-refractivity contribution >= 4 is 27.4 Å². The predicted molar refractivity (Wildman–Crippen MR) is 140 cm³/mol. The maximum absolute atomic E-state index is 13.5. The average molecular weight is 482 g/mol. The molecule has 0 unspecified atom stereocenters. The van der Waals surface area contributed by atoms with Crippen molar-refractivity contribution in [2.24, 2.45) is 0 Å². The monoisotopic (exact) mass is 481 g/mol. The van der Waals surface area contributed by atoms with E-state index in [0.717, 1.165) is 53.3 Å². The Hall–Kier alpha value is -3.61. The molecule has 35 heavy (non-hydrogen) atoms. The van der Waals surface area contributed by atoms with Gasteiger partial charge >= 0.3 is 0 Å². The summed E-state index contributed by atoms with van der Waals surface area (Å²) in [6.45, 7) is 3.85. The van der Waals surface area contributed by atoms with Gasteiger partial charge in [-0.15, -0.1) is 11.3 Å². The molecule has 0 amide bonds. The Labute approximate surface area is 208 Å². The third-order valence-corrected chi connectivity index (χ3v) is 7.77. The van der Waals surface area contributed by atoms with Crippen LogP contribution >= 0.6 is 11.3 Å². The highest BCUT2D eigenvalue weighted by atomic mass is 32.1. The lowest BCUT2D eigenvalue weighted by molar-refractivity contribution is -0.926. The minimum Gasteiger partial charge on any atom is -0.345 e. The second-order valence-corrected chi connectivity index (χ2v) is 9.79. The number of nitrogens with zero attached hydrogens (tertiary/aromatic N) is 3. The van der Waals surface area contributed by atoms with Crippen molar-refractivity contribution < 1.29 is 9.29 Å². The van der Waals surface area contributed by atoms with Crippen LogP contribution in [0.4, 0.5) is 10.2 Å². The average Bonchev–Trinajstić information content (AvgIpc) is 3.36. The number of thiophene rings is 1. The van der Waals surface area contributed by atoms with E-state index in [0.29, 0.717) is 6.04 Å². The van der Waals surface area contributed by atoms with Gasteiger partial charge in [-0.3, -0.25) is 0 Å². The van der Waals surface area contributed by atoms with Gasteiger partial charge in [0.1, 0.15) is 28.8 Å². The fraction of sp³-hybridized carbons (Fsp3) is 0.172.